The molecule has 1 saturated heterocycles. The molecule has 1 aromatic heterocycles. The van der Waals surface area contributed by atoms with Gasteiger partial charge in [0.15, 0.2) is 0 Å². The maximum Gasteiger partial charge on any atom is 0.317 e. The predicted octanol–water partition coefficient (Wildman–Crippen LogP) is 1.75. The zero-order chi connectivity index (χ0) is 15.8. The van der Waals surface area contributed by atoms with Crippen molar-refractivity contribution in [3.8, 4) is 0 Å². The van der Waals surface area contributed by atoms with Crippen molar-refractivity contribution in [1.82, 2.24) is 15.2 Å². The Kier molecular flexibility index (Phi) is 3.85. The fourth-order valence-electron chi connectivity index (χ4n) is 3.65. The quantitative estimate of drug-likeness (QED) is 0.923. The number of anilines is 1. The number of amides is 2. The molecule has 23 heavy (non-hydrogen) atoms. The van der Waals surface area contributed by atoms with Crippen molar-refractivity contribution in [2.24, 2.45) is 0 Å². The number of carbonyl (C=O) groups excluding carboxylic acids is 1. The van der Waals surface area contributed by atoms with E-state index in [0.29, 0.717) is 12.6 Å². The zero-order valence-electron chi connectivity index (χ0n) is 13.6. The molecule has 1 aliphatic carbocycles. The summed E-state index contributed by atoms with van der Waals surface area (Å²) in [4.78, 5) is 21.4. The molecule has 2 atom stereocenters. The molecule has 1 aromatic rings. The van der Waals surface area contributed by atoms with Crippen LogP contribution < -0.4 is 10.2 Å². The second-order valence-electron chi connectivity index (χ2n) is 6.71. The summed E-state index contributed by atoms with van der Waals surface area (Å²) < 4.78 is 5.83. The van der Waals surface area contributed by atoms with Gasteiger partial charge in [-0.1, -0.05) is 6.07 Å². The number of pyridine rings is 1. The number of carbonyl (C=O) groups is 1. The Bertz CT molecular complexity index is 590. The van der Waals surface area contributed by atoms with E-state index in [-0.39, 0.29) is 18.2 Å². The van der Waals surface area contributed by atoms with Crippen molar-refractivity contribution >= 4 is 11.8 Å². The number of nitrogens with zero attached hydrogens (tertiary/aromatic N) is 3. The molecule has 6 nitrogen and oxygen atoms in total. The Morgan fingerprint density at radius 3 is 3.09 bits per heavy atom. The molecular weight excluding hydrogens is 292 g/mol. The summed E-state index contributed by atoms with van der Waals surface area (Å²) in [6.45, 7) is 4.99. The summed E-state index contributed by atoms with van der Waals surface area (Å²) in [5, 5.41) is 3.12. The second kappa shape index (κ2) is 6.00. The number of ether oxygens (including phenoxy) is 1. The molecule has 0 bridgehead atoms. The van der Waals surface area contributed by atoms with E-state index in [4.69, 9.17) is 4.74 Å². The highest BCUT2D eigenvalue weighted by molar-refractivity contribution is 5.75. The summed E-state index contributed by atoms with van der Waals surface area (Å²) in [7, 11) is 0. The molecule has 0 spiro atoms. The molecule has 1 N–H and O–H groups in total. The van der Waals surface area contributed by atoms with E-state index in [0.717, 1.165) is 50.3 Å². The maximum absolute atomic E-state index is 12.6. The van der Waals surface area contributed by atoms with Crippen LogP contribution in [0.4, 0.5) is 10.6 Å². The lowest BCUT2D eigenvalue weighted by molar-refractivity contribution is 0.0752. The summed E-state index contributed by atoms with van der Waals surface area (Å²) in [5.41, 5.74) is 1.12. The van der Waals surface area contributed by atoms with Gasteiger partial charge in [0.1, 0.15) is 5.82 Å². The fourth-order valence-corrected chi connectivity index (χ4v) is 3.65. The van der Waals surface area contributed by atoms with E-state index in [2.05, 4.69) is 21.3 Å². The monoisotopic (exact) mass is 316 g/mol. The smallest absolute Gasteiger partial charge is 0.317 e. The Morgan fingerprint density at radius 1 is 1.43 bits per heavy atom. The lowest BCUT2D eigenvalue weighted by Gasteiger charge is -2.26. The van der Waals surface area contributed by atoms with E-state index in [1.165, 1.54) is 0 Å². The van der Waals surface area contributed by atoms with Crippen LogP contribution in [0, 0.1) is 0 Å². The SMILES string of the molecule is CCO[C@@H]1C[C@H]2CN(C(=O)NC3CC3)Cc3cccnc3N2C1. The summed E-state index contributed by atoms with van der Waals surface area (Å²) in [6, 6.07) is 4.76. The summed E-state index contributed by atoms with van der Waals surface area (Å²) in [6.07, 6.45) is 5.24. The third-order valence-corrected chi connectivity index (χ3v) is 4.90. The first-order chi connectivity index (χ1) is 11.2. The number of rotatable bonds is 3. The summed E-state index contributed by atoms with van der Waals surface area (Å²) in [5.74, 6) is 1.02. The minimum absolute atomic E-state index is 0.0593. The van der Waals surface area contributed by atoms with Crippen LogP contribution in [0.1, 0.15) is 31.7 Å². The molecule has 4 rings (SSSR count). The van der Waals surface area contributed by atoms with E-state index >= 15 is 0 Å². The molecular formula is C17H24N4O2. The van der Waals surface area contributed by atoms with Crippen LogP contribution in [0.25, 0.3) is 0 Å². The predicted molar refractivity (Wildman–Crippen MR) is 87.4 cm³/mol. The third kappa shape index (κ3) is 3.00. The highest BCUT2D eigenvalue weighted by atomic mass is 16.5. The van der Waals surface area contributed by atoms with Crippen LogP contribution in [0.15, 0.2) is 18.3 Å². The van der Waals surface area contributed by atoms with Crippen LogP contribution >= 0.6 is 0 Å². The Labute approximate surface area is 136 Å². The number of nitrogens with one attached hydrogen (secondary N) is 1. The van der Waals surface area contributed by atoms with Gasteiger partial charge in [0.25, 0.3) is 0 Å². The van der Waals surface area contributed by atoms with Crippen molar-refractivity contribution < 1.29 is 9.53 Å². The molecule has 2 amide bonds. The number of fused-ring (bicyclic) bond motifs is 3. The van der Waals surface area contributed by atoms with Gasteiger partial charge in [-0.3, -0.25) is 0 Å². The molecule has 124 valence electrons. The second-order valence-corrected chi connectivity index (χ2v) is 6.71. The first-order valence-corrected chi connectivity index (χ1v) is 8.62. The molecule has 0 aromatic carbocycles. The largest absolute Gasteiger partial charge is 0.377 e. The average Bonchev–Trinajstić information content (AvgIpc) is 3.30. The maximum atomic E-state index is 12.6. The lowest BCUT2D eigenvalue weighted by Crippen LogP contribution is -2.45. The van der Waals surface area contributed by atoms with Gasteiger partial charge >= 0.3 is 6.03 Å². The van der Waals surface area contributed by atoms with Crippen molar-refractivity contribution in [2.45, 2.75) is 50.9 Å². The van der Waals surface area contributed by atoms with Gasteiger partial charge in [0.2, 0.25) is 0 Å². The highest BCUT2D eigenvalue weighted by Crippen LogP contribution is 2.32. The number of hydrogen-bond donors (Lipinski definition) is 1. The normalized spacial score (nSPS) is 26.5. The molecule has 6 heteroatoms. The van der Waals surface area contributed by atoms with Crippen LogP contribution in [-0.2, 0) is 11.3 Å². The fraction of sp³-hybridized carbons (Fsp3) is 0.647. The molecule has 2 aliphatic heterocycles. The molecule has 1 saturated carbocycles. The van der Waals surface area contributed by atoms with Gasteiger partial charge in [0, 0.05) is 37.5 Å². The molecule has 0 unspecified atom stereocenters. The van der Waals surface area contributed by atoms with Crippen LogP contribution in [-0.4, -0.2) is 53.8 Å². The minimum Gasteiger partial charge on any atom is -0.377 e. The van der Waals surface area contributed by atoms with E-state index in [1.807, 2.05) is 24.1 Å². The molecule has 2 fully saturated rings. The van der Waals surface area contributed by atoms with Crippen molar-refractivity contribution in [3.05, 3.63) is 23.9 Å². The minimum atomic E-state index is 0.0593. The highest BCUT2D eigenvalue weighted by Gasteiger charge is 2.39. The van der Waals surface area contributed by atoms with Gasteiger partial charge < -0.3 is 19.9 Å². The van der Waals surface area contributed by atoms with Gasteiger partial charge in [-0.05, 0) is 32.3 Å². The number of urea groups is 1. The van der Waals surface area contributed by atoms with Crippen LogP contribution in [0.2, 0.25) is 0 Å². The van der Waals surface area contributed by atoms with Gasteiger partial charge in [0.05, 0.1) is 18.7 Å². The van der Waals surface area contributed by atoms with Crippen molar-refractivity contribution in [3.63, 3.8) is 0 Å². The van der Waals surface area contributed by atoms with Crippen LogP contribution in [0.3, 0.4) is 0 Å². The average molecular weight is 316 g/mol. The van der Waals surface area contributed by atoms with Gasteiger partial charge in [-0.25, -0.2) is 9.78 Å². The lowest BCUT2D eigenvalue weighted by atomic mass is 10.2. The van der Waals surface area contributed by atoms with E-state index in [1.54, 1.807) is 0 Å². The van der Waals surface area contributed by atoms with Gasteiger partial charge in [-0.15, -0.1) is 0 Å². The standard InChI is InChI=1S/C17H24N4O2/c1-2-23-15-8-14-10-20(17(22)19-13-5-6-13)9-12-4-3-7-18-16(12)21(14)11-15/h3-4,7,13-15H,2,5-6,8-11H2,1H3,(H,19,22)/t14-,15+/m0/s1. The van der Waals surface area contributed by atoms with E-state index in [9.17, 15) is 4.79 Å². The number of aromatic nitrogens is 1. The zero-order valence-corrected chi connectivity index (χ0v) is 13.6. The Morgan fingerprint density at radius 2 is 2.30 bits per heavy atom. The van der Waals surface area contributed by atoms with Crippen molar-refractivity contribution in [1.29, 1.82) is 0 Å². The first kappa shape index (κ1) is 14.8. The first-order valence-electron chi connectivity index (χ1n) is 8.62. The molecule has 3 heterocycles. The van der Waals surface area contributed by atoms with Crippen LogP contribution in [0.5, 0.6) is 0 Å². The van der Waals surface area contributed by atoms with E-state index < -0.39 is 0 Å². The third-order valence-electron chi connectivity index (χ3n) is 4.90. The summed E-state index contributed by atoms with van der Waals surface area (Å²) >= 11 is 0. The Balaban J connectivity index is 1.58. The van der Waals surface area contributed by atoms with Crippen molar-refractivity contribution in [2.75, 3.05) is 24.6 Å². The van der Waals surface area contributed by atoms with Gasteiger partial charge in [-0.2, -0.15) is 0 Å². The Hall–Kier alpha value is -1.82. The molecule has 0 radical (unpaired) electrons. The number of hydrogen-bond acceptors (Lipinski definition) is 4. The molecule has 3 aliphatic rings. The topological polar surface area (TPSA) is 57.7 Å².